The van der Waals surface area contributed by atoms with Gasteiger partial charge in [-0.1, -0.05) is 26.2 Å². The average Bonchev–Trinajstić information content (AvgIpc) is 2.30. The molecule has 5 heteroatoms. The Morgan fingerprint density at radius 1 is 1.12 bits per heavy atom. The minimum Gasteiger partial charge on any atom is -0.333 e. The van der Waals surface area contributed by atoms with E-state index in [1.807, 2.05) is 0 Å². The van der Waals surface area contributed by atoms with Gasteiger partial charge in [-0.15, -0.1) is 0 Å². The Morgan fingerprint density at radius 2 is 1.88 bits per heavy atom. The zero-order valence-corrected chi connectivity index (χ0v) is 9.65. The molecule has 0 unspecified atom stereocenters. The van der Waals surface area contributed by atoms with Crippen molar-refractivity contribution in [1.29, 1.82) is 0 Å². The molecule has 0 atom stereocenters. The Balaban J connectivity index is 2.37. The fourth-order valence-electron chi connectivity index (χ4n) is 1.73. The Morgan fingerprint density at radius 3 is 2.50 bits per heavy atom. The van der Waals surface area contributed by atoms with E-state index in [4.69, 9.17) is 0 Å². The van der Waals surface area contributed by atoms with Gasteiger partial charge in [-0.05, 0) is 6.42 Å². The van der Waals surface area contributed by atoms with Crippen molar-refractivity contribution in [3.63, 3.8) is 0 Å². The second-order valence-corrected chi connectivity index (χ2v) is 3.96. The number of amides is 3. The van der Waals surface area contributed by atoms with Gasteiger partial charge in [0.15, 0.2) is 0 Å². The van der Waals surface area contributed by atoms with Crippen LogP contribution in [0.1, 0.15) is 32.6 Å². The van der Waals surface area contributed by atoms with Crippen molar-refractivity contribution in [1.82, 2.24) is 9.80 Å². The number of hydrogen-bond acceptors (Lipinski definition) is 3. The van der Waals surface area contributed by atoms with Crippen LogP contribution in [0.5, 0.6) is 0 Å². The molecule has 3 amide bonds. The number of nitrogens with zero attached hydrogens (tertiary/aromatic N) is 2. The van der Waals surface area contributed by atoms with Gasteiger partial charge in [-0.3, -0.25) is 19.3 Å². The summed E-state index contributed by atoms with van der Waals surface area (Å²) in [7, 11) is 0. The molecule has 0 bridgehead atoms. The first-order valence-electron chi connectivity index (χ1n) is 5.76. The van der Waals surface area contributed by atoms with Gasteiger partial charge in [0, 0.05) is 19.6 Å². The minimum absolute atomic E-state index is 0.321. The first-order chi connectivity index (χ1) is 7.70. The maximum atomic E-state index is 11.5. The number of hydrogen-bond donors (Lipinski definition) is 0. The van der Waals surface area contributed by atoms with Crippen LogP contribution in [-0.4, -0.2) is 47.7 Å². The summed E-state index contributed by atoms with van der Waals surface area (Å²) in [6.07, 6.45) is 4.72. The summed E-state index contributed by atoms with van der Waals surface area (Å²) in [5, 5.41) is 0. The number of carbonyl (C=O) groups excluding carboxylic acids is 3. The van der Waals surface area contributed by atoms with E-state index in [1.165, 1.54) is 4.90 Å². The molecular weight excluding hydrogens is 208 g/mol. The highest BCUT2D eigenvalue weighted by molar-refractivity contribution is 6.37. The molecule has 1 aliphatic rings. The smallest absolute Gasteiger partial charge is 0.318 e. The molecule has 0 aromatic carbocycles. The summed E-state index contributed by atoms with van der Waals surface area (Å²) in [6, 6.07) is 0. The van der Waals surface area contributed by atoms with Crippen molar-refractivity contribution in [3.8, 4) is 0 Å². The first-order valence-corrected chi connectivity index (χ1v) is 5.76. The molecule has 0 aliphatic carbocycles. The molecule has 1 rings (SSSR count). The number of rotatable bonds is 6. The van der Waals surface area contributed by atoms with Gasteiger partial charge < -0.3 is 4.90 Å². The maximum absolute atomic E-state index is 11.5. The van der Waals surface area contributed by atoms with E-state index in [9.17, 15) is 14.4 Å². The summed E-state index contributed by atoms with van der Waals surface area (Å²) in [6.45, 7) is 3.53. The molecule has 0 aromatic rings. The topological polar surface area (TPSA) is 57.7 Å². The van der Waals surface area contributed by atoms with Crippen LogP contribution < -0.4 is 0 Å². The Kier molecular flexibility index (Phi) is 4.95. The van der Waals surface area contributed by atoms with E-state index < -0.39 is 11.8 Å². The monoisotopic (exact) mass is 226 g/mol. The zero-order chi connectivity index (χ0) is 12.0. The van der Waals surface area contributed by atoms with Gasteiger partial charge in [0.05, 0.1) is 0 Å². The molecule has 0 spiro atoms. The molecule has 0 N–H and O–H groups in total. The van der Waals surface area contributed by atoms with Gasteiger partial charge in [0.2, 0.25) is 6.41 Å². The Bertz CT molecular complexity index is 278. The van der Waals surface area contributed by atoms with Crippen molar-refractivity contribution in [2.75, 3.05) is 19.6 Å². The maximum Gasteiger partial charge on any atom is 0.318 e. The summed E-state index contributed by atoms with van der Waals surface area (Å²) < 4.78 is 0. The van der Waals surface area contributed by atoms with Gasteiger partial charge in [-0.2, -0.15) is 0 Å². The fraction of sp³-hybridized carbons (Fsp3) is 0.727. The summed E-state index contributed by atoms with van der Waals surface area (Å²) in [5.41, 5.74) is 0. The summed E-state index contributed by atoms with van der Waals surface area (Å²) >= 11 is 0. The third kappa shape index (κ3) is 3.05. The van der Waals surface area contributed by atoms with Crippen molar-refractivity contribution < 1.29 is 14.4 Å². The highest BCUT2D eigenvalue weighted by Crippen LogP contribution is 2.06. The fourth-order valence-corrected chi connectivity index (χ4v) is 1.73. The van der Waals surface area contributed by atoms with E-state index in [2.05, 4.69) is 6.92 Å². The standard InChI is InChI=1S/C11H18N2O3/c1-2-3-4-5-6-12-7-8-13(9-14)11(16)10(12)15/h9H,2-8H2,1H3. The van der Waals surface area contributed by atoms with Crippen molar-refractivity contribution >= 4 is 18.2 Å². The molecule has 1 saturated heterocycles. The van der Waals surface area contributed by atoms with Gasteiger partial charge >= 0.3 is 11.8 Å². The number of imide groups is 1. The molecular formula is C11H18N2O3. The second kappa shape index (κ2) is 6.25. The summed E-state index contributed by atoms with van der Waals surface area (Å²) in [5.74, 6) is -1.24. The van der Waals surface area contributed by atoms with Crippen molar-refractivity contribution in [2.24, 2.45) is 0 Å². The highest BCUT2D eigenvalue weighted by atomic mass is 16.2. The second-order valence-electron chi connectivity index (χ2n) is 3.96. The lowest BCUT2D eigenvalue weighted by atomic mass is 10.2. The quantitative estimate of drug-likeness (QED) is 0.374. The van der Waals surface area contributed by atoms with Crippen LogP contribution in [0, 0.1) is 0 Å². The van der Waals surface area contributed by atoms with Crippen LogP contribution >= 0.6 is 0 Å². The molecule has 1 heterocycles. The molecule has 0 saturated carbocycles. The molecule has 1 fully saturated rings. The molecule has 5 nitrogen and oxygen atoms in total. The van der Waals surface area contributed by atoms with Crippen LogP contribution in [0.3, 0.4) is 0 Å². The lowest BCUT2D eigenvalue weighted by Gasteiger charge is -2.30. The zero-order valence-electron chi connectivity index (χ0n) is 9.65. The van der Waals surface area contributed by atoms with Crippen LogP contribution in [0.25, 0.3) is 0 Å². The molecule has 0 radical (unpaired) electrons. The third-order valence-corrected chi connectivity index (χ3v) is 2.75. The third-order valence-electron chi connectivity index (χ3n) is 2.75. The van der Waals surface area contributed by atoms with E-state index >= 15 is 0 Å². The van der Waals surface area contributed by atoms with Gasteiger partial charge in [0.1, 0.15) is 0 Å². The molecule has 16 heavy (non-hydrogen) atoms. The number of carbonyl (C=O) groups is 3. The van der Waals surface area contributed by atoms with E-state index in [0.717, 1.165) is 30.6 Å². The minimum atomic E-state index is -0.697. The van der Waals surface area contributed by atoms with Crippen molar-refractivity contribution in [3.05, 3.63) is 0 Å². The van der Waals surface area contributed by atoms with Gasteiger partial charge in [0.25, 0.3) is 0 Å². The summed E-state index contributed by atoms with van der Waals surface area (Å²) in [4.78, 5) is 35.8. The average molecular weight is 226 g/mol. The van der Waals surface area contributed by atoms with Crippen LogP contribution in [0.4, 0.5) is 0 Å². The van der Waals surface area contributed by atoms with Crippen LogP contribution in [0.2, 0.25) is 0 Å². The van der Waals surface area contributed by atoms with E-state index in [1.54, 1.807) is 0 Å². The lowest BCUT2D eigenvalue weighted by Crippen LogP contribution is -2.53. The predicted molar refractivity (Wildman–Crippen MR) is 58.5 cm³/mol. The molecule has 0 aromatic heterocycles. The van der Waals surface area contributed by atoms with Crippen molar-refractivity contribution in [2.45, 2.75) is 32.6 Å². The van der Waals surface area contributed by atoms with E-state index in [0.29, 0.717) is 26.0 Å². The normalized spacial score (nSPS) is 16.8. The largest absolute Gasteiger partial charge is 0.333 e. The Labute approximate surface area is 95.4 Å². The van der Waals surface area contributed by atoms with Gasteiger partial charge in [-0.25, -0.2) is 0 Å². The first kappa shape index (κ1) is 12.7. The predicted octanol–water partition coefficient (Wildman–Crippen LogP) is 0.394. The van der Waals surface area contributed by atoms with E-state index in [-0.39, 0.29) is 0 Å². The number of unbranched alkanes of at least 4 members (excludes halogenated alkanes) is 3. The molecule has 90 valence electrons. The number of piperazine rings is 1. The Hall–Kier alpha value is -1.39. The van der Waals surface area contributed by atoms with Crippen LogP contribution in [0.15, 0.2) is 0 Å². The highest BCUT2D eigenvalue weighted by Gasteiger charge is 2.31. The van der Waals surface area contributed by atoms with Crippen LogP contribution in [-0.2, 0) is 14.4 Å². The lowest BCUT2D eigenvalue weighted by molar-refractivity contribution is -0.158. The SMILES string of the molecule is CCCCCCN1CCN(C=O)C(=O)C1=O. The molecule has 1 aliphatic heterocycles.